The average molecular weight is 411 g/mol. The summed E-state index contributed by atoms with van der Waals surface area (Å²) >= 11 is 0. The fourth-order valence-electron chi connectivity index (χ4n) is 3.16. The number of esters is 1. The van der Waals surface area contributed by atoms with E-state index in [1.54, 1.807) is 24.3 Å². The molecule has 0 aliphatic carbocycles. The highest BCUT2D eigenvalue weighted by atomic mass is 16.5. The zero-order chi connectivity index (χ0) is 22.0. The number of rotatable bonds is 6. The monoisotopic (exact) mass is 411 g/mol. The van der Waals surface area contributed by atoms with Crippen LogP contribution >= 0.6 is 0 Å². The third kappa shape index (κ3) is 3.69. The lowest BCUT2D eigenvalue weighted by atomic mass is 10.1. The lowest BCUT2D eigenvalue weighted by molar-refractivity contribution is 0.0471. The van der Waals surface area contributed by atoms with E-state index in [9.17, 15) is 24.3 Å². The van der Waals surface area contributed by atoms with Crippen molar-refractivity contribution in [3.05, 3.63) is 68.4 Å². The van der Waals surface area contributed by atoms with Gasteiger partial charge in [0.25, 0.3) is 5.56 Å². The Labute approximate surface area is 170 Å². The zero-order valence-electron chi connectivity index (χ0n) is 16.5. The minimum Gasteiger partial charge on any atom is -0.507 e. The van der Waals surface area contributed by atoms with Gasteiger partial charge in [-0.25, -0.2) is 9.59 Å². The number of nitrogens with two attached hydrogens (primary N) is 1. The van der Waals surface area contributed by atoms with Gasteiger partial charge in [0, 0.05) is 13.6 Å². The largest absolute Gasteiger partial charge is 0.507 e. The topological polar surface area (TPSA) is 134 Å². The number of aromatic nitrogens is 2. The Morgan fingerprint density at radius 3 is 2.40 bits per heavy atom. The predicted octanol–water partition coefficient (Wildman–Crippen LogP) is 1.44. The number of anilines is 1. The van der Waals surface area contributed by atoms with Crippen LogP contribution in [-0.4, -0.2) is 32.6 Å². The van der Waals surface area contributed by atoms with Crippen molar-refractivity contribution < 1.29 is 19.4 Å². The van der Waals surface area contributed by atoms with Crippen LogP contribution < -0.4 is 17.0 Å². The van der Waals surface area contributed by atoms with E-state index in [4.69, 9.17) is 10.5 Å². The van der Waals surface area contributed by atoms with Crippen molar-refractivity contribution in [2.24, 2.45) is 7.05 Å². The zero-order valence-corrected chi connectivity index (χ0v) is 16.5. The quantitative estimate of drug-likeness (QED) is 0.463. The molecule has 9 heteroatoms. The number of Topliss-reactive ketones (excluding diaryl/α,β-unsaturated/α-hetero) is 1. The van der Waals surface area contributed by atoms with Gasteiger partial charge < -0.3 is 15.6 Å². The molecule has 0 saturated heterocycles. The van der Waals surface area contributed by atoms with E-state index in [1.165, 1.54) is 19.2 Å². The number of ketones is 1. The molecule has 3 rings (SSSR count). The summed E-state index contributed by atoms with van der Waals surface area (Å²) in [6.07, 6.45) is 0.562. The van der Waals surface area contributed by atoms with Gasteiger partial charge in [0.15, 0.2) is 6.61 Å². The maximum absolute atomic E-state index is 12.6. The molecule has 1 aromatic heterocycles. The van der Waals surface area contributed by atoms with E-state index in [0.29, 0.717) is 11.8 Å². The van der Waals surface area contributed by atoms with Crippen LogP contribution in [-0.2, 0) is 18.3 Å². The van der Waals surface area contributed by atoms with Crippen LogP contribution in [0.15, 0.2) is 46.0 Å². The summed E-state index contributed by atoms with van der Waals surface area (Å²) in [6.45, 7) is 1.27. The van der Waals surface area contributed by atoms with Gasteiger partial charge in [-0.2, -0.15) is 0 Å². The normalized spacial score (nSPS) is 10.9. The number of hydrogen-bond donors (Lipinski definition) is 2. The standard InChI is InChI=1S/C21H21N3O6/c1-3-8-24-18(22)17(19(27)23(2)21(24)29)16(26)11-30-20(28)14-9-12-6-4-5-7-13(12)10-15(14)25/h4-7,9-10,25H,3,8,11,22H2,1-2H3. The number of carbonyl (C=O) groups is 2. The summed E-state index contributed by atoms with van der Waals surface area (Å²) in [5.41, 5.74) is 3.87. The van der Waals surface area contributed by atoms with E-state index in [-0.39, 0.29) is 23.7 Å². The Hall–Kier alpha value is -3.88. The van der Waals surface area contributed by atoms with Crippen molar-refractivity contribution in [1.82, 2.24) is 9.13 Å². The lowest BCUT2D eigenvalue weighted by Gasteiger charge is -2.14. The third-order valence-corrected chi connectivity index (χ3v) is 4.73. The smallest absolute Gasteiger partial charge is 0.342 e. The van der Waals surface area contributed by atoms with Crippen LogP contribution in [0.2, 0.25) is 0 Å². The third-order valence-electron chi connectivity index (χ3n) is 4.73. The number of carbonyl (C=O) groups excluding carboxylic acids is 2. The number of fused-ring (bicyclic) bond motifs is 1. The number of phenolic OH excluding ortho intramolecular Hbond substituents is 1. The second-order valence-electron chi connectivity index (χ2n) is 6.77. The Bertz CT molecular complexity index is 1270. The fourth-order valence-corrected chi connectivity index (χ4v) is 3.16. The second kappa shape index (κ2) is 8.24. The van der Waals surface area contributed by atoms with Crippen LogP contribution in [0.5, 0.6) is 5.75 Å². The maximum atomic E-state index is 12.6. The SMILES string of the molecule is CCCn1c(N)c(C(=O)COC(=O)c2cc3ccccc3cc2O)c(=O)n(C)c1=O. The number of ether oxygens (including phenoxy) is 1. The minimum atomic E-state index is -0.927. The van der Waals surface area contributed by atoms with Crippen molar-refractivity contribution in [3.8, 4) is 5.75 Å². The van der Waals surface area contributed by atoms with Gasteiger partial charge in [0.05, 0.1) is 0 Å². The van der Waals surface area contributed by atoms with Crippen molar-refractivity contribution >= 4 is 28.3 Å². The van der Waals surface area contributed by atoms with Gasteiger partial charge in [0.1, 0.15) is 22.7 Å². The highest BCUT2D eigenvalue weighted by Gasteiger charge is 2.23. The molecule has 0 spiro atoms. The summed E-state index contributed by atoms with van der Waals surface area (Å²) in [4.78, 5) is 49.6. The molecular weight excluding hydrogens is 390 g/mol. The van der Waals surface area contributed by atoms with Crippen LogP contribution in [0, 0.1) is 0 Å². The van der Waals surface area contributed by atoms with Gasteiger partial charge >= 0.3 is 11.7 Å². The Morgan fingerprint density at radius 1 is 1.13 bits per heavy atom. The second-order valence-corrected chi connectivity index (χ2v) is 6.77. The molecule has 3 N–H and O–H groups in total. The van der Waals surface area contributed by atoms with Crippen LogP contribution in [0.3, 0.4) is 0 Å². The first-order valence-electron chi connectivity index (χ1n) is 9.27. The summed E-state index contributed by atoms with van der Waals surface area (Å²) in [5, 5.41) is 11.6. The molecule has 0 radical (unpaired) electrons. The summed E-state index contributed by atoms with van der Waals surface area (Å²) in [6, 6.07) is 9.98. The molecule has 0 fully saturated rings. The first-order chi connectivity index (χ1) is 14.3. The van der Waals surface area contributed by atoms with E-state index >= 15 is 0 Å². The Morgan fingerprint density at radius 2 is 1.77 bits per heavy atom. The number of aromatic hydroxyl groups is 1. The Kier molecular flexibility index (Phi) is 5.72. The molecule has 0 amide bonds. The molecule has 3 aromatic rings. The molecule has 0 aliphatic heterocycles. The van der Waals surface area contributed by atoms with E-state index in [2.05, 4.69) is 0 Å². The van der Waals surface area contributed by atoms with E-state index in [0.717, 1.165) is 14.5 Å². The predicted molar refractivity (Wildman–Crippen MR) is 111 cm³/mol. The molecule has 0 bridgehead atoms. The molecule has 2 aromatic carbocycles. The first-order valence-corrected chi connectivity index (χ1v) is 9.27. The highest BCUT2D eigenvalue weighted by molar-refractivity contribution is 6.03. The number of hydrogen-bond acceptors (Lipinski definition) is 7. The van der Waals surface area contributed by atoms with Gasteiger partial charge in [-0.3, -0.25) is 18.7 Å². The van der Waals surface area contributed by atoms with Crippen LogP contribution in [0.1, 0.15) is 34.1 Å². The van der Waals surface area contributed by atoms with E-state index in [1.807, 2.05) is 6.92 Å². The molecule has 0 saturated carbocycles. The van der Waals surface area contributed by atoms with Crippen molar-refractivity contribution in [2.45, 2.75) is 19.9 Å². The van der Waals surface area contributed by atoms with Gasteiger partial charge in [0.2, 0.25) is 5.78 Å². The minimum absolute atomic E-state index is 0.113. The van der Waals surface area contributed by atoms with Crippen LogP contribution in [0.4, 0.5) is 5.82 Å². The van der Waals surface area contributed by atoms with Gasteiger partial charge in [-0.1, -0.05) is 31.2 Å². The molecule has 0 unspecified atom stereocenters. The number of nitrogens with zero attached hydrogens (tertiary/aromatic N) is 2. The Balaban J connectivity index is 1.87. The molecule has 0 atom stereocenters. The lowest BCUT2D eigenvalue weighted by Crippen LogP contribution is -2.43. The average Bonchev–Trinajstić information content (AvgIpc) is 2.73. The highest BCUT2D eigenvalue weighted by Crippen LogP contribution is 2.25. The molecule has 0 aliphatic rings. The van der Waals surface area contributed by atoms with Gasteiger partial charge in [-0.15, -0.1) is 0 Å². The van der Waals surface area contributed by atoms with Gasteiger partial charge in [-0.05, 0) is 29.3 Å². The first kappa shape index (κ1) is 20.8. The summed E-state index contributed by atoms with van der Waals surface area (Å²) in [7, 11) is 1.24. The summed E-state index contributed by atoms with van der Waals surface area (Å²) < 4.78 is 6.93. The van der Waals surface area contributed by atoms with Crippen molar-refractivity contribution in [1.29, 1.82) is 0 Å². The molecule has 9 nitrogen and oxygen atoms in total. The number of phenols is 1. The van der Waals surface area contributed by atoms with Crippen molar-refractivity contribution in [3.63, 3.8) is 0 Å². The number of benzene rings is 2. The summed E-state index contributed by atoms with van der Waals surface area (Å²) in [5.74, 6) is -2.33. The number of nitrogen functional groups attached to an aromatic ring is 1. The maximum Gasteiger partial charge on any atom is 0.342 e. The molecule has 1 heterocycles. The molecular formula is C21H21N3O6. The fraction of sp³-hybridized carbons (Fsp3) is 0.238. The van der Waals surface area contributed by atoms with E-state index < -0.39 is 35.2 Å². The molecule has 30 heavy (non-hydrogen) atoms. The molecule has 156 valence electrons. The van der Waals surface area contributed by atoms with Crippen LogP contribution in [0.25, 0.3) is 10.8 Å². The van der Waals surface area contributed by atoms with Crippen molar-refractivity contribution in [2.75, 3.05) is 12.3 Å².